The molecular weight excluding hydrogens is 382 g/mol. The number of rotatable bonds is 2. The number of aromatic hydroxyl groups is 2. The average molecular weight is 399 g/mol. The molecule has 3 aromatic rings. The van der Waals surface area contributed by atoms with Gasteiger partial charge in [0.25, 0.3) is 10.1 Å². The van der Waals surface area contributed by atoms with Crippen LogP contribution in [0, 0.1) is 0 Å². The highest BCUT2D eigenvalue weighted by atomic mass is 32.2. The van der Waals surface area contributed by atoms with Crippen molar-refractivity contribution in [2.75, 3.05) is 0 Å². The van der Waals surface area contributed by atoms with Gasteiger partial charge >= 0.3 is 0 Å². The lowest BCUT2D eigenvalue weighted by atomic mass is 10.0. The largest absolute Gasteiger partial charge is 0.507 e. The summed E-state index contributed by atoms with van der Waals surface area (Å²) in [6.45, 7) is 0. The number of hydrogen-bond donors (Lipinski definition) is 4. The van der Waals surface area contributed by atoms with E-state index in [1.165, 1.54) is 24.3 Å². The summed E-state index contributed by atoms with van der Waals surface area (Å²) in [6, 6.07) is 17.5. The Morgan fingerprint density at radius 3 is 2.21 bits per heavy atom. The smallest absolute Gasteiger partial charge is 0.295 e. The molecule has 3 aromatic carbocycles. The summed E-state index contributed by atoms with van der Waals surface area (Å²) in [6.07, 6.45) is 3.74. The van der Waals surface area contributed by atoms with Gasteiger partial charge in [-0.1, -0.05) is 42.5 Å². The monoisotopic (exact) mass is 399 g/mol. The lowest BCUT2D eigenvalue weighted by molar-refractivity contribution is 0.239. The van der Waals surface area contributed by atoms with Gasteiger partial charge in [0.2, 0.25) is 0 Å². The standard InChI is InChI=1S/C12H10O5S.C8H7NO/c13-9-5-2-1-4-8(9)12-10(14)6-3-7-11(12)18(15,16)17;1-2-4-8-7(3-1)5-6-9-10-8/h1-7,13-14H,(H,15,16,17);1-6,9H. The Morgan fingerprint density at radius 1 is 0.821 bits per heavy atom. The maximum absolute atomic E-state index is 11.3. The molecule has 7 nitrogen and oxygen atoms in total. The van der Waals surface area contributed by atoms with Gasteiger partial charge in [-0.2, -0.15) is 8.42 Å². The summed E-state index contributed by atoms with van der Waals surface area (Å²) in [5.74, 6) is 0.348. The Kier molecular flexibility index (Phi) is 5.53. The van der Waals surface area contributed by atoms with Crippen molar-refractivity contribution in [2.45, 2.75) is 4.90 Å². The van der Waals surface area contributed by atoms with Crippen LogP contribution in [0.25, 0.3) is 17.2 Å². The van der Waals surface area contributed by atoms with Gasteiger partial charge < -0.3 is 15.1 Å². The molecule has 0 saturated carbocycles. The highest BCUT2D eigenvalue weighted by Crippen LogP contribution is 2.39. The molecule has 1 heterocycles. The summed E-state index contributed by atoms with van der Waals surface area (Å²) in [5, 5.41) is 19.4. The number of hydroxylamine groups is 1. The summed E-state index contributed by atoms with van der Waals surface area (Å²) in [4.78, 5) is 4.63. The predicted molar refractivity (Wildman–Crippen MR) is 104 cm³/mol. The highest BCUT2D eigenvalue weighted by Gasteiger charge is 2.21. The van der Waals surface area contributed by atoms with E-state index in [9.17, 15) is 18.6 Å². The topological polar surface area (TPSA) is 116 Å². The van der Waals surface area contributed by atoms with Gasteiger partial charge in [-0.15, -0.1) is 0 Å². The second kappa shape index (κ2) is 8.03. The molecule has 0 atom stereocenters. The summed E-state index contributed by atoms with van der Waals surface area (Å²) < 4.78 is 31.6. The van der Waals surface area contributed by atoms with Gasteiger partial charge in [-0.05, 0) is 30.3 Å². The van der Waals surface area contributed by atoms with Crippen LogP contribution in [0.15, 0.2) is 77.8 Å². The number of para-hydroxylation sites is 2. The molecule has 0 aliphatic carbocycles. The molecule has 0 spiro atoms. The molecular formula is C20H17NO6S. The molecule has 1 aliphatic rings. The molecule has 0 saturated heterocycles. The maximum Gasteiger partial charge on any atom is 0.295 e. The first-order valence-corrected chi connectivity index (χ1v) is 9.57. The molecule has 0 amide bonds. The Balaban J connectivity index is 0.000000188. The van der Waals surface area contributed by atoms with E-state index < -0.39 is 15.0 Å². The first-order chi connectivity index (χ1) is 13.4. The van der Waals surface area contributed by atoms with Gasteiger partial charge in [-0.3, -0.25) is 4.55 Å². The summed E-state index contributed by atoms with van der Waals surface area (Å²) in [5.41, 5.74) is 3.77. The van der Waals surface area contributed by atoms with Crippen LogP contribution in [0.3, 0.4) is 0 Å². The van der Waals surface area contributed by atoms with Crippen molar-refractivity contribution in [3.8, 4) is 28.4 Å². The third-order valence-electron chi connectivity index (χ3n) is 3.87. The number of nitrogens with one attached hydrogen (secondary N) is 1. The zero-order valence-corrected chi connectivity index (χ0v) is 15.3. The molecule has 0 radical (unpaired) electrons. The lowest BCUT2D eigenvalue weighted by Crippen LogP contribution is -2.13. The minimum atomic E-state index is -4.49. The van der Waals surface area contributed by atoms with E-state index in [0.717, 1.165) is 17.4 Å². The van der Waals surface area contributed by atoms with E-state index in [2.05, 4.69) is 5.48 Å². The first-order valence-electron chi connectivity index (χ1n) is 8.13. The predicted octanol–water partition coefficient (Wildman–Crippen LogP) is 3.57. The van der Waals surface area contributed by atoms with Crippen LogP contribution < -0.4 is 10.3 Å². The molecule has 144 valence electrons. The van der Waals surface area contributed by atoms with Gasteiger partial charge in [0.15, 0.2) is 5.75 Å². The van der Waals surface area contributed by atoms with Crippen molar-refractivity contribution in [2.24, 2.45) is 0 Å². The van der Waals surface area contributed by atoms with Crippen LogP contribution in [-0.4, -0.2) is 23.2 Å². The van der Waals surface area contributed by atoms with E-state index in [-0.39, 0.29) is 22.6 Å². The molecule has 1 aliphatic heterocycles. The number of phenolic OH excluding ortho intramolecular Hbond substituents is 2. The van der Waals surface area contributed by atoms with Crippen molar-refractivity contribution in [1.82, 2.24) is 5.48 Å². The van der Waals surface area contributed by atoms with Crippen LogP contribution in [0.2, 0.25) is 0 Å². The van der Waals surface area contributed by atoms with Crippen LogP contribution in [0.5, 0.6) is 17.2 Å². The van der Waals surface area contributed by atoms with Crippen molar-refractivity contribution in [3.05, 3.63) is 78.5 Å². The molecule has 4 N–H and O–H groups in total. The average Bonchev–Trinajstić information content (AvgIpc) is 2.68. The third-order valence-corrected chi connectivity index (χ3v) is 4.77. The number of hydrogen-bond acceptors (Lipinski definition) is 6. The van der Waals surface area contributed by atoms with Crippen molar-refractivity contribution in [1.29, 1.82) is 0 Å². The minimum absolute atomic E-state index is 0.127. The van der Waals surface area contributed by atoms with E-state index in [4.69, 9.17) is 9.39 Å². The minimum Gasteiger partial charge on any atom is -0.507 e. The van der Waals surface area contributed by atoms with Gasteiger partial charge in [-0.25, -0.2) is 5.48 Å². The Bertz CT molecular complexity index is 1130. The van der Waals surface area contributed by atoms with Crippen molar-refractivity contribution in [3.63, 3.8) is 0 Å². The fraction of sp³-hybridized carbons (Fsp3) is 0. The molecule has 28 heavy (non-hydrogen) atoms. The molecule has 0 unspecified atom stereocenters. The fourth-order valence-electron chi connectivity index (χ4n) is 2.62. The van der Waals surface area contributed by atoms with E-state index in [0.29, 0.717) is 0 Å². The Labute approximate surface area is 161 Å². The van der Waals surface area contributed by atoms with Crippen molar-refractivity contribution < 1.29 is 28.0 Å². The summed E-state index contributed by atoms with van der Waals surface area (Å²) >= 11 is 0. The van der Waals surface area contributed by atoms with E-state index in [1.807, 2.05) is 30.3 Å². The van der Waals surface area contributed by atoms with E-state index >= 15 is 0 Å². The highest BCUT2D eigenvalue weighted by molar-refractivity contribution is 7.86. The Hall–Kier alpha value is -3.49. The molecule has 4 rings (SSSR count). The van der Waals surface area contributed by atoms with Crippen LogP contribution in [-0.2, 0) is 10.1 Å². The maximum atomic E-state index is 11.3. The van der Waals surface area contributed by atoms with Gasteiger partial charge in [0.1, 0.15) is 16.4 Å². The van der Waals surface area contributed by atoms with Gasteiger partial charge in [0.05, 0.1) is 0 Å². The lowest BCUT2D eigenvalue weighted by Gasteiger charge is -2.11. The molecule has 0 fully saturated rings. The molecule has 8 heteroatoms. The fourth-order valence-corrected chi connectivity index (χ4v) is 3.35. The molecule has 0 aromatic heterocycles. The second-order valence-electron chi connectivity index (χ2n) is 5.73. The summed E-state index contributed by atoms with van der Waals surface area (Å²) in [7, 11) is -4.49. The van der Waals surface area contributed by atoms with Crippen LogP contribution in [0.4, 0.5) is 0 Å². The number of phenols is 2. The SMILES string of the molecule is C1=Cc2ccccc2ON1.O=S(=O)(O)c1cccc(O)c1-c1ccccc1O. The van der Waals surface area contributed by atoms with Crippen LogP contribution >= 0.6 is 0 Å². The van der Waals surface area contributed by atoms with E-state index in [1.54, 1.807) is 18.3 Å². The normalized spacial score (nSPS) is 12.0. The van der Waals surface area contributed by atoms with Crippen LogP contribution in [0.1, 0.15) is 5.56 Å². The second-order valence-corrected chi connectivity index (χ2v) is 7.12. The quantitative estimate of drug-likeness (QED) is 0.487. The first kappa shape index (κ1) is 19.3. The Morgan fingerprint density at radius 2 is 1.50 bits per heavy atom. The zero-order chi connectivity index (χ0) is 20.1. The zero-order valence-electron chi connectivity index (χ0n) is 14.5. The van der Waals surface area contributed by atoms with Crippen molar-refractivity contribution >= 4 is 16.2 Å². The van der Waals surface area contributed by atoms with Gasteiger partial charge in [0, 0.05) is 22.9 Å². The number of fused-ring (bicyclic) bond motifs is 1. The third kappa shape index (κ3) is 4.25. The molecule has 0 bridgehead atoms. The number of benzene rings is 3.